The molecule has 2 aliphatic heterocycles. The van der Waals surface area contributed by atoms with Crippen molar-refractivity contribution in [1.82, 2.24) is 4.98 Å². The van der Waals surface area contributed by atoms with Gasteiger partial charge < -0.3 is 19.7 Å². The molecule has 0 radical (unpaired) electrons. The number of nitrogens with zero attached hydrogens (tertiary/aromatic N) is 1. The molecule has 1 fully saturated rings. The van der Waals surface area contributed by atoms with Gasteiger partial charge in [0.05, 0.1) is 29.4 Å². The minimum atomic E-state index is -1.45. The third kappa shape index (κ3) is 3.27. The lowest BCUT2D eigenvalue weighted by Gasteiger charge is -2.43. The van der Waals surface area contributed by atoms with Crippen LogP contribution < -0.4 is 0 Å². The van der Waals surface area contributed by atoms with Crippen LogP contribution in [0.4, 0.5) is 4.39 Å². The Morgan fingerprint density at radius 1 is 1.23 bits per heavy atom. The van der Waals surface area contributed by atoms with Crippen molar-refractivity contribution in [1.29, 1.82) is 0 Å². The standard InChI is InChI=1S/C23H22FNO4S/c1-13-8-20(26)22(27)23(29-13)17-10-14(18(24)11-15(17)12-28-23)9-16-5-6-21(30-16)19-4-2-3-7-25-19/h2-7,10-11,13,20,22,26-27H,8-9,12H2,1H3/t13-,20+,22+,23+/m1/s1. The molecule has 156 valence electrons. The Bertz CT molecular complexity index is 1070. The Morgan fingerprint density at radius 3 is 2.90 bits per heavy atom. The number of hydrogen-bond acceptors (Lipinski definition) is 6. The second kappa shape index (κ2) is 7.51. The van der Waals surface area contributed by atoms with E-state index in [9.17, 15) is 14.6 Å². The molecule has 3 aromatic rings. The van der Waals surface area contributed by atoms with Crippen molar-refractivity contribution in [3.05, 3.63) is 76.0 Å². The van der Waals surface area contributed by atoms with Crippen molar-refractivity contribution in [2.45, 2.75) is 50.5 Å². The second-order valence-corrected chi connectivity index (χ2v) is 9.06. The van der Waals surface area contributed by atoms with Gasteiger partial charge in [-0.1, -0.05) is 6.07 Å². The van der Waals surface area contributed by atoms with E-state index in [1.54, 1.807) is 23.6 Å². The molecule has 30 heavy (non-hydrogen) atoms. The van der Waals surface area contributed by atoms with E-state index in [4.69, 9.17) is 9.47 Å². The fourth-order valence-electron chi connectivity index (χ4n) is 4.29. The third-order valence-electron chi connectivity index (χ3n) is 5.74. The number of halogens is 1. The van der Waals surface area contributed by atoms with Crippen LogP contribution in [0, 0.1) is 5.82 Å². The third-order valence-corrected chi connectivity index (χ3v) is 6.84. The average Bonchev–Trinajstić information content (AvgIpc) is 3.33. The number of ether oxygens (including phenoxy) is 2. The first-order valence-electron chi connectivity index (χ1n) is 9.96. The van der Waals surface area contributed by atoms with E-state index in [0.717, 1.165) is 15.4 Å². The van der Waals surface area contributed by atoms with Crippen molar-refractivity contribution in [2.24, 2.45) is 0 Å². The van der Waals surface area contributed by atoms with E-state index in [0.29, 0.717) is 29.5 Å². The summed E-state index contributed by atoms with van der Waals surface area (Å²) >= 11 is 1.57. The highest BCUT2D eigenvalue weighted by molar-refractivity contribution is 7.15. The lowest BCUT2D eigenvalue weighted by molar-refractivity contribution is -0.342. The van der Waals surface area contributed by atoms with Crippen molar-refractivity contribution >= 4 is 11.3 Å². The van der Waals surface area contributed by atoms with Gasteiger partial charge in [0.1, 0.15) is 11.9 Å². The number of aromatic nitrogens is 1. The predicted molar refractivity (Wildman–Crippen MR) is 110 cm³/mol. The number of aliphatic hydroxyl groups is 2. The van der Waals surface area contributed by atoms with Gasteiger partial charge in [0.25, 0.3) is 0 Å². The van der Waals surface area contributed by atoms with E-state index in [1.165, 1.54) is 6.07 Å². The van der Waals surface area contributed by atoms with Gasteiger partial charge in [-0.3, -0.25) is 4.98 Å². The first-order chi connectivity index (χ1) is 14.5. The number of hydrogen-bond donors (Lipinski definition) is 2. The highest BCUT2D eigenvalue weighted by Gasteiger charge is 2.54. The zero-order valence-electron chi connectivity index (χ0n) is 16.4. The van der Waals surface area contributed by atoms with E-state index < -0.39 is 18.0 Å². The predicted octanol–water partition coefficient (Wildman–Crippen LogP) is 3.75. The molecule has 2 aliphatic rings. The maximum absolute atomic E-state index is 14.9. The Balaban J connectivity index is 1.48. The van der Waals surface area contributed by atoms with Gasteiger partial charge in [0.2, 0.25) is 5.79 Å². The van der Waals surface area contributed by atoms with Crippen LogP contribution in [0.15, 0.2) is 48.7 Å². The van der Waals surface area contributed by atoms with Crippen LogP contribution in [0.3, 0.4) is 0 Å². The topological polar surface area (TPSA) is 71.8 Å². The Labute approximate surface area is 177 Å². The normalized spacial score (nSPS) is 28.1. The quantitative estimate of drug-likeness (QED) is 0.666. The molecule has 0 aliphatic carbocycles. The lowest BCUT2D eigenvalue weighted by atomic mass is 9.88. The van der Waals surface area contributed by atoms with Crippen molar-refractivity contribution in [2.75, 3.05) is 0 Å². The highest BCUT2D eigenvalue weighted by Crippen LogP contribution is 2.46. The highest BCUT2D eigenvalue weighted by atomic mass is 32.1. The summed E-state index contributed by atoms with van der Waals surface area (Å²) in [5.41, 5.74) is 2.62. The molecule has 0 saturated carbocycles. The summed E-state index contributed by atoms with van der Waals surface area (Å²) in [6.45, 7) is 1.96. The summed E-state index contributed by atoms with van der Waals surface area (Å²) in [7, 11) is 0. The first kappa shape index (κ1) is 19.8. The number of rotatable bonds is 3. The summed E-state index contributed by atoms with van der Waals surface area (Å²) in [5, 5.41) is 21.0. The second-order valence-electron chi connectivity index (χ2n) is 7.89. The van der Waals surface area contributed by atoms with Crippen LogP contribution >= 0.6 is 11.3 Å². The van der Waals surface area contributed by atoms with E-state index in [-0.39, 0.29) is 18.5 Å². The number of pyridine rings is 1. The molecule has 7 heteroatoms. The molecule has 0 unspecified atom stereocenters. The average molecular weight is 427 g/mol. The Hall–Kier alpha value is -2.16. The Morgan fingerprint density at radius 2 is 2.10 bits per heavy atom. The van der Waals surface area contributed by atoms with Gasteiger partial charge in [-0.15, -0.1) is 11.3 Å². The van der Waals surface area contributed by atoms with Crippen LogP contribution in [0.2, 0.25) is 0 Å². The zero-order chi connectivity index (χ0) is 20.9. The zero-order valence-corrected chi connectivity index (χ0v) is 17.2. The molecule has 5 rings (SSSR count). The number of aliphatic hydroxyl groups excluding tert-OH is 2. The molecule has 1 spiro atoms. The van der Waals surface area contributed by atoms with Crippen LogP contribution in [-0.4, -0.2) is 33.5 Å². The van der Waals surface area contributed by atoms with Gasteiger partial charge in [-0.25, -0.2) is 4.39 Å². The van der Waals surface area contributed by atoms with Crippen molar-refractivity contribution in [3.8, 4) is 10.6 Å². The number of benzene rings is 1. The van der Waals surface area contributed by atoms with Gasteiger partial charge in [-0.2, -0.15) is 0 Å². The molecule has 2 N–H and O–H groups in total. The van der Waals surface area contributed by atoms with Crippen LogP contribution in [0.5, 0.6) is 0 Å². The summed E-state index contributed by atoms with van der Waals surface area (Å²) < 4.78 is 26.7. The first-order valence-corrected chi connectivity index (χ1v) is 10.8. The molecule has 1 saturated heterocycles. The molecule has 2 aromatic heterocycles. The smallest absolute Gasteiger partial charge is 0.225 e. The molecular formula is C23H22FNO4S. The number of fused-ring (bicyclic) bond motifs is 2. The molecule has 0 amide bonds. The van der Waals surface area contributed by atoms with Crippen LogP contribution in [-0.2, 0) is 28.3 Å². The minimum Gasteiger partial charge on any atom is -0.390 e. The summed E-state index contributed by atoms with van der Waals surface area (Å²) in [6.07, 6.45) is -0.0142. The fraction of sp³-hybridized carbons (Fsp3) is 0.348. The molecule has 5 nitrogen and oxygen atoms in total. The Kier molecular flexibility index (Phi) is 4.95. The minimum absolute atomic E-state index is 0.131. The summed E-state index contributed by atoms with van der Waals surface area (Å²) in [6, 6.07) is 12.9. The van der Waals surface area contributed by atoms with Gasteiger partial charge in [0, 0.05) is 29.5 Å². The van der Waals surface area contributed by atoms with Gasteiger partial charge >= 0.3 is 0 Å². The molecular weight excluding hydrogens is 405 g/mol. The SMILES string of the molecule is C[C@@H]1C[C@H](O)[C@H](O)[C@@]2(OCc3cc(F)c(Cc4ccc(-c5ccccn5)s4)cc32)O1. The van der Waals surface area contributed by atoms with Crippen molar-refractivity contribution < 1.29 is 24.1 Å². The summed E-state index contributed by atoms with van der Waals surface area (Å²) in [5.74, 6) is -1.77. The van der Waals surface area contributed by atoms with E-state index in [2.05, 4.69) is 4.98 Å². The lowest BCUT2D eigenvalue weighted by Crippen LogP contribution is -2.55. The largest absolute Gasteiger partial charge is 0.390 e. The summed E-state index contributed by atoms with van der Waals surface area (Å²) in [4.78, 5) is 6.39. The van der Waals surface area contributed by atoms with Crippen LogP contribution in [0.25, 0.3) is 10.6 Å². The number of thiophene rings is 1. The molecule has 4 heterocycles. The van der Waals surface area contributed by atoms with Gasteiger partial charge in [-0.05, 0) is 54.4 Å². The van der Waals surface area contributed by atoms with Gasteiger partial charge in [0.15, 0.2) is 0 Å². The molecule has 1 aromatic carbocycles. The molecule has 0 bridgehead atoms. The van der Waals surface area contributed by atoms with Crippen LogP contribution in [0.1, 0.15) is 34.9 Å². The van der Waals surface area contributed by atoms with E-state index >= 15 is 0 Å². The monoisotopic (exact) mass is 427 g/mol. The van der Waals surface area contributed by atoms with E-state index in [1.807, 2.05) is 37.3 Å². The maximum Gasteiger partial charge on any atom is 0.225 e. The fourth-order valence-corrected chi connectivity index (χ4v) is 5.30. The molecule has 4 atom stereocenters. The maximum atomic E-state index is 14.9. The van der Waals surface area contributed by atoms with Crippen molar-refractivity contribution in [3.63, 3.8) is 0 Å².